The summed E-state index contributed by atoms with van der Waals surface area (Å²) < 4.78 is 5.18. The van der Waals surface area contributed by atoms with Crippen LogP contribution in [-0.2, 0) is 0 Å². The maximum Gasteiger partial charge on any atom is 0.261 e. The third-order valence-electron chi connectivity index (χ3n) is 3.57. The third-order valence-corrected chi connectivity index (χ3v) is 4.27. The Balaban J connectivity index is 1.81. The van der Waals surface area contributed by atoms with Crippen LogP contribution in [0.5, 0.6) is 5.75 Å². The molecule has 0 saturated carbocycles. The van der Waals surface area contributed by atoms with Crippen molar-refractivity contribution < 1.29 is 9.53 Å². The summed E-state index contributed by atoms with van der Waals surface area (Å²) in [5, 5.41) is 7.20. The molecule has 1 heterocycles. The van der Waals surface area contributed by atoms with E-state index in [-0.39, 0.29) is 21.4 Å². The molecule has 0 bridgehead atoms. The van der Waals surface area contributed by atoms with Gasteiger partial charge in [0.05, 0.1) is 28.9 Å². The van der Waals surface area contributed by atoms with E-state index in [1.54, 1.807) is 6.20 Å². The van der Waals surface area contributed by atoms with Gasteiger partial charge in [0.25, 0.3) is 5.91 Å². The predicted octanol–water partition coefficient (Wildman–Crippen LogP) is 4.68. The van der Waals surface area contributed by atoms with E-state index in [0.717, 1.165) is 10.9 Å². The Kier molecular flexibility index (Phi) is 5.56. The van der Waals surface area contributed by atoms with Crippen LogP contribution in [0.4, 0.5) is 5.69 Å². The molecular weight excluding hydrogens is 393 g/mol. The number of pyridine rings is 1. The summed E-state index contributed by atoms with van der Waals surface area (Å²) in [6.07, 6.45) is 1.69. The van der Waals surface area contributed by atoms with E-state index in [9.17, 15) is 4.79 Å². The Morgan fingerprint density at radius 3 is 2.73 bits per heavy atom. The fourth-order valence-corrected chi connectivity index (χ4v) is 3.24. The van der Waals surface area contributed by atoms with E-state index in [0.29, 0.717) is 10.7 Å². The molecule has 0 radical (unpaired) electrons. The van der Waals surface area contributed by atoms with E-state index in [1.165, 1.54) is 19.2 Å². The minimum Gasteiger partial charge on any atom is -0.494 e. The Hall–Kier alpha value is -2.41. The molecule has 132 valence electrons. The number of carbonyl (C=O) groups excluding carboxylic acids is 1. The number of hydrogen-bond acceptors (Lipinski definition) is 4. The van der Waals surface area contributed by atoms with Gasteiger partial charge in [-0.25, -0.2) is 0 Å². The van der Waals surface area contributed by atoms with Crippen molar-refractivity contribution in [1.29, 1.82) is 0 Å². The van der Waals surface area contributed by atoms with Gasteiger partial charge in [0.15, 0.2) is 5.11 Å². The van der Waals surface area contributed by atoms with Crippen molar-refractivity contribution in [1.82, 2.24) is 10.3 Å². The molecule has 2 aromatic carbocycles. The maximum atomic E-state index is 12.5. The van der Waals surface area contributed by atoms with Gasteiger partial charge in [-0.2, -0.15) is 0 Å². The second-order valence-corrected chi connectivity index (χ2v) is 6.51. The molecule has 0 aliphatic heterocycles. The Labute approximate surface area is 165 Å². The summed E-state index contributed by atoms with van der Waals surface area (Å²) in [5.41, 5.74) is 1.62. The average molecular weight is 406 g/mol. The van der Waals surface area contributed by atoms with Crippen LogP contribution in [0.15, 0.2) is 48.7 Å². The fourth-order valence-electron chi connectivity index (χ4n) is 2.47. The highest BCUT2D eigenvalue weighted by Gasteiger charge is 2.18. The molecule has 1 aromatic heterocycles. The molecule has 3 rings (SSSR count). The first kappa shape index (κ1) is 18.4. The van der Waals surface area contributed by atoms with Crippen LogP contribution in [0.3, 0.4) is 0 Å². The van der Waals surface area contributed by atoms with Gasteiger partial charge >= 0.3 is 0 Å². The van der Waals surface area contributed by atoms with Gasteiger partial charge < -0.3 is 10.1 Å². The van der Waals surface area contributed by atoms with Gasteiger partial charge in [-0.05, 0) is 36.5 Å². The standard InChI is InChI=1S/C18H13Cl2N3O2S/c1-25-16-12(8-11(19)9-13(16)20)17(24)23-18(26)22-14-6-2-4-10-5-3-7-21-15(10)14/h2-9H,1H3,(H2,22,23,24,26). The highest BCUT2D eigenvalue weighted by molar-refractivity contribution is 7.80. The van der Waals surface area contributed by atoms with Crippen LogP contribution in [0.2, 0.25) is 10.0 Å². The van der Waals surface area contributed by atoms with Crippen molar-refractivity contribution in [3.63, 3.8) is 0 Å². The number of carbonyl (C=O) groups is 1. The number of methoxy groups -OCH3 is 1. The first-order valence-electron chi connectivity index (χ1n) is 7.48. The van der Waals surface area contributed by atoms with Crippen molar-refractivity contribution in [2.45, 2.75) is 0 Å². The Bertz CT molecular complexity index is 1010. The van der Waals surface area contributed by atoms with Gasteiger partial charge in [0.2, 0.25) is 0 Å². The summed E-state index contributed by atoms with van der Waals surface area (Å²) in [6, 6.07) is 12.4. The highest BCUT2D eigenvalue weighted by Crippen LogP contribution is 2.32. The normalized spacial score (nSPS) is 10.4. The second kappa shape index (κ2) is 7.86. The lowest BCUT2D eigenvalue weighted by Gasteiger charge is -2.13. The van der Waals surface area contributed by atoms with E-state index in [1.807, 2.05) is 30.3 Å². The van der Waals surface area contributed by atoms with Crippen molar-refractivity contribution >= 4 is 63.0 Å². The number of amides is 1. The van der Waals surface area contributed by atoms with Gasteiger partial charge in [0, 0.05) is 16.6 Å². The van der Waals surface area contributed by atoms with Crippen LogP contribution in [-0.4, -0.2) is 23.1 Å². The molecule has 0 saturated heterocycles. The Morgan fingerprint density at radius 1 is 1.19 bits per heavy atom. The zero-order chi connectivity index (χ0) is 18.7. The summed E-state index contributed by atoms with van der Waals surface area (Å²) in [5.74, 6) is -0.264. The summed E-state index contributed by atoms with van der Waals surface area (Å²) in [4.78, 5) is 16.9. The zero-order valence-corrected chi connectivity index (χ0v) is 15.9. The molecule has 2 N–H and O–H groups in total. The number of para-hydroxylation sites is 1. The van der Waals surface area contributed by atoms with Crippen molar-refractivity contribution in [2.24, 2.45) is 0 Å². The van der Waals surface area contributed by atoms with Crippen molar-refractivity contribution in [3.8, 4) is 5.75 Å². The second-order valence-electron chi connectivity index (χ2n) is 5.26. The molecule has 0 unspecified atom stereocenters. The van der Waals surface area contributed by atoms with Crippen LogP contribution in [0.25, 0.3) is 10.9 Å². The SMILES string of the molecule is COc1c(Cl)cc(Cl)cc1C(=O)NC(=S)Nc1cccc2cccnc12. The molecule has 0 spiro atoms. The van der Waals surface area contributed by atoms with Crippen LogP contribution in [0.1, 0.15) is 10.4 Å². The number of benzene rings is 2. The van der Waals surface area contributed by atoms with E-state index in [4.69, 9.17) is 40.2 Å². The lowest BCUT2D eigenvalue weighted by atomic mass is 10.2. The van der Waals surface area contributed by atoms with E-state index >= 15 is 0 Å². The molecule has 0 atom stereocenters. The van der Waals surface area contributed by atoms with Gasteiger partial charge in [-0.3, -0.25) is 15.1 Å². The largest absolute Gasteiger partial charge is 0.494 e. The van der Waals surface area contributed by atoms with Gasteiger partial charge in [0.1, 0.15) is 5.75 Å². The van der Waals surface area contributed by atoms with Gasteiger partial charge in [-0.15, -0.1) is 0 Å². The fraction of sp³-hybridized carbons (Fsp3) is 0.0556. The molecular formula is C18H13Cl2N3O2S. The first-order chi connectivity index (χ1) is 12.5. The number of nitrogens with zero attached hydrogens (tertiary/aromatic N) is 1. The summed E-state index contributed by atoms with van der Waals surface area (Å²) in [6.45, 7) is 0. The predicted molar refractivity (Wildman–Crippen MR) is 108 cm³/mol. The number of ether oxygens (including phenoxy) is 1. The maximum absolute atomic E-state index is 12.5. The molecule has 8 heteroatoms. The van der Waals surface area contributed by atoms with E-state index in [2.05, 4.69) is 15.6 Å². The lowest BCUT2D eigenvalue weighted by molar-refractivity contribution is 0.0975. The zero-order valence-electron chi connectivity index (χ0n) is 13.5. The molecule has 1 amide bonds. The average Bonchev–Trinajstić information content (AvgIpc) is 2.61. The molecule has 3 aromatic rings. The number of rotatable bonds is 3. The number of thiocarbonyl (C=S) groups is 1. The molecule has 26 heavy (non-hydrogen) atoms. The van der Waals surface area contributed by atoms with Crippen LogP contribution < -0.4 is 15.4 Å². The summed E-state index contributed by atoms with van der Waals surface area (Å²) >= 11 is 17.3. The van der Waals surface area contributed by atoms with Crippen molar-refractivity contribution in [2.75, 3.05) is 12.4 Å². The van der Waals surface area contributed by atoms with Crippen LogP contribution in [0, 0.1) is 0 Å². The van der Waals surface area contributed by atoms with Gasteiger partial charge in [-0.1, -0.05) is 41.4 Å². The minimum atomic E-state index is -0.489. The van der Waals surface area contributed by atoms with Crippen molar-refractivity contribution in [3.05, 3.63) is 64.3 Å². The minimum absolute atomic E-state index is 0.117. The molecule has 0 fully saturated rings. The molecule has 0 aliphatic rings. The molecule has 5 nitrogen and oxygen atoms in total. The number of aromatic nitrogens is 1. The monoisotopic (exact) mass is 405 g/mol. The molecule has 0 aliphatic carbocycles. The van der Waals surface area contributed by atoms with Crippen LogP contribution >= 0.6 is 35.4 Å². The Morgan fingerprint density at radius 2 is 1.96 bits per heavy atom. The first-order valence-corrected chi connectivity index (χ1v) is 8.65. The summed E-state index contributed by atoms with van der Waals surface area (Å²) in [7, 11) is 1.42. The lowest BCUT2D eigenvalue weighted by Crippen LogP contribution is -2.34. The quantitative estimate of drug-likeness (QED) is 0.619. The third kappa shape index (κ3) is 3.88. The number of hydrogen-bond donors (Lipinski definition) is 2. The smallest absolute Gasteiger partial charge is 0.261 e. The number of halogens is 2. The van der Waals surface area contributed by atoms with E-state index < -0.39 is 5.91 Å². The highest BCUT2D eigenvalue weighted by atomic mass is 35.5. The number of fused-ring (bicyclic) bond motifs is 1. The number of anilines is 1. The number of nitrogens with one attached hydrogen (secondary N) is 2. The topological polar surface area (TPSA) is 63.2 Å².